The molecule has 0 spiro atoms. The monoisotopic (exact) mass is 652 g/mol. The highest BCUT2D eigenvalue weighted by Crippen LogP contribution is 2.21. The van der Waals surface area contributed by atoms with Crippen molar-refractivity contribution in [3.63, 3.8) is 0 Å². The first-order valence-corrected chi connectivity index (χ1v) is 21.1. The van der Waals surface area contributed by atoms with Gasteiger partial charge in [-0.15, -0.1) is 0 Å². The molecular formula is C42H85NO3. The van der Waals surface area contributed by atoms with E-state index in [1.165, 1.54) is 193 Å². The van der Waals surface area contributed by atoms with Gasteiger partial charge in [-0.25, -0.2) is 0 Å². The molecule has 4 nitrogen and oxygen atoms in total. The lowest BCUT2D eigenvalue weighted by Crippen LogP contribution is -2.32. The highest BCUT2D eigenvalue weighted by Gasteiger charge is 2.17. The molecule has 0 fully saturated rings. The summed E-state index contributed by atoms with van der Waals surface area (Å²) in [5.41, 5.74) is 0. The van der Waals surface area contributed by atoms with Crippen molar-refractivity contribution in [2.45, 2.75) is 226 Å². The van der Waals surface area contributed by atoms with E-state index in [-0.39, 0.29) is 11.8 Å². The van der Waals surface area contributed by atoms with E-state index in [9.17, 15) is 4.79 Å². The van der Waals surface area contributed by atoms with E-state index in [1.807, 2.05) is 0 Å². The molecule has 1 amide bonds. The van der Waals surface area contributed by atoms with Crippen LogP contribution >= 0.6 is 0 Å². The van der Waals surface area contributed by atoms with E-state index in [0.717, 1.165) is 25.8 Å². The van der Waals surface area contributed by atoms with Gasteiger partial charge < -0.3 is 14.8 Å². The molecule has 0 aromatic heterocycles. The summed E-state index contributed by atoms with van der Waals surface area (Å²) in [5.74, 6) is 0.478. The van der Waals surface area contributed by atoms with E-state index in [1.54, 1.807) is 7.11 Å². The van der Waals surface area contributed by atoms with Gasteiger partial charge in [0.1, 0.15) is 0 Å². The summed E-state index contributed by atoms with van der Waals surface area (Å²) in [6, 6.07) is 0. The molecular weight excluding hydrogens is 566 g/mol. The number of hydrogen-bond donors (Lipinski definition) is 1. The zero-order valence-electron chi connectivity index (χ0n) is 32.0. The third-order valence-electron chi connectivity index (χ3n) is 9.88. The lowest BCUT2D eigenvalue weighted by atomic mass is 9.93. The molecule has 0 aliphatic heterocycles. The number of rotatable bonds is 40. The Bertz CT molecular complexity index is 535. The lowest BCUT2D eigenvalue weighted by Gasteiger charge is -2.17. The van der Waals surface area contributed by atoms with E-state index in [2.05, 4.69) is 19.2 Å². The Kier molecular flexibility index (Phi) is 40.0. The number of hydrogen-bond acceptors (Lipinski definition) is 3. The van der Waals surface area contributed by atoms with Gasteiger partial charge >= 0.3 is 0 Å². The highest BCUT2D eigenvalue weighted by atomic mass is 16.5. The summed E-state index contributed by atoms with van der Waals surface area (Å²) >= 11 is 0. The average molecular weight is 652 g/mol. The molecule has 0 heterocycles. The van der Waals surface area contributed by atoms with Crippen molar-refractivity contribution in [3.05, 3.63) is 0 Å². The van der Waals surface area contributed by atoms with Gasteiger partial charge in [0.25, 0.3) is 0 Å². The zero-order valence-corrected chi connectivity index (χ0v) is 32.0. The van der Waals surface area contributed by atoms with Crippen LogP contribution in [0.4, 0.5) is 0 Å². The van der Waals surface area contributed by atoms with Crippen LogP contribution in [-0.2, 0) is 14.3 Å². The topological polar surface area (TPSA) is 47.6 Å². The first-order valence-electron chi connectivity index (χ1n) is 21.1. The van der Waals surface area contributed by atoms with E-state index >= 15 is 0 Å². The molecule has 0 radical (unpaired) electrons. The molecule has 1 N–H and O–H groups in total. The second kappa shape index (κ2) is 40.6. The Balaban J connectivity index is 3.96. The van der Waals surface area contributed by atoms with Crippen molar-refractivity contribution in [1.29, 1.82) is 0 Å². The summed E-state index contributed by atoms with van der Waals surface area (Å²) in [6.45, 7) is 7.26. The first kappa shape index (κ1) is 45.4. The van der Waals surface area contributed by atoms with Crippen LogP contribution in [0.3, 0.4) is 0 Å². The minimum absolute atomic E-state index is 0.193. The van der Waals surface area contributed by atoms with Gasteiger partial charge in [-0.05, 0) is 19.3 Å². The van der Waals surface area contributed by atoms with Crippen molar-refractivity contribution in [3.8, 4) is 0 Å². The maximum absolute atomic E-state index is 13.1. The number of methoxy groups -OCH3 is 1. The van der Waals surface area contributed by atoms with Crippen molar-refractivity contribution < 1.29 is 14.3 Å². The molecule has 46 heavy (non-hydrogen) atoms. The van der Waals surface area contributed by atoms with Crippen LogP contribution in [0, 0.1) is 5.92 Å². The fourth-order valence-electron chi connectivity index (χ4n) is 6.71. The fraction of sp³-hybridized carbons (Fsp3) is 0.976. The van der Waals surface area contributed by atoms with Crippen molar-refractivity contribution in [2.24, 2.45) is 5.92 Å². The predicted molar refractivity (Wildman–Crippen MR) is 203 cm³/mol. The maximum atomic E-state index is 13.1. The minimum atomic E-state index is 0.193. The largest absolute Gasteiger partial charge is 0.382 e. The molecule has 0 aromatic carbocycles. The summed E-state index contributed by atoms with van der Waals surface area (Å²) in [5, 5.41) is 3.23. The number of nitrogens with one attached hydrogen (secondary N) is 1. The Morgan fingerprint density at radius 3 is 1.09 bits per heavy atom. The molecule has 0 saturated carbocycles. The molecule has 0 saturated heterocycles. The second-order valence-corrected chi connectivity index (χ2v) is 14.4. The fourth-order valence-corrected chi connectivity index (χ4v) is 6.71. The predicted octanol–water partition coefficient (Wildman–Crippen LogP) is 13.3. The second-order valence-electron chi connectivity index (χ2n) is 14.4. The molecule has 0 aliphatic carbocycles. The summed E-state index contributed by atoms with van der Waals surface area (Å²) < 4.78 is 10.6. The molecule has 0 rings (SSSR count). The summed E-state index contributed by atoms with van der Waals surface area (Å²) in [7, 11) is 1.70. The van der Waals surface area contributed by atoms with Gasteiger partial charge in [-0.1, -0.05) is 206 Å². The van der Waals surface area contributed by atoms with Crippen LogP contribution < -0.4 is 5.32 Å². The number of unbranched alkanes of at least 4 members (excludes halogenated alkanes) is 28. The Morgan fingerprint density at radius 1 is 0.435 bits per heavy atom. The molecule has 0 bridgehead atoms. The molecule has 0 aromatic rings. The van der Waals surface area contributed by atoms with Crippen LogP contribution in [0.25, 0.3) is 0 Å². The van der Waals surface area contributed by atoms with Gasteiger partial charge in [0.2, 0.25) is 5.91 Å². The van der Waals surface area contributed by atoms with Crippen LogP contribution in [0.1, 0.15) is 226 Å². The quantitative estimate of drug-likeness (QED) is 0.0671. The number of carbonyl (C=O) groups excluding carboxylic acids is 1. The highest BCUT2D eigenvalue weighted by molar-refractivity contribution is 5.78. The summed E-state index contributed by atoms with van der Waals surface area (Å²) in [4.78, 5) is 13.1. The minimum Gasteiger partial charge on any atom is -0.382 e. The Hall–Kier alpha value is -0.610. The number of carbonyl (C=O) groups is 1. The van der Waals surface area contributed by atoms with E-state index in [4.69, 9.17) is 9.47 Å². The first-order chi connectivity index (χ1) is 22.8. The molecule has 4 heteroatoms. The smallest absolute Gasteiger partial charge is 0.223 e. The van der Waals surface area contributed by atoms with E-state index < -0.39 is 0 Å². The van der Waals surface area contributed by atoms with Crippen molar-refractivity contribution in [1.82, 2.24) is 5.32 Å². The van der Waals surface area contributed by atoms with Gasteiger partial charge in [-0.2, -0.15) is 0 Å². The number of ether oxygens (including phenoxy) is 2. The zero-order chi connectivity index (χ0) is 33.4. The van der Waals surface area contributed by atoms with Gasteiger partial charge in [0, 0.05) is 26.2 Å². The average Bonchev–Trinajstić information content (AvgIpc) is 3.06. The molecule has 0 unspecified atom stereocenters. The van der Waals surface area contributed by atoms with Crippen LogP contribution in [0.5, 0.6) is 0 Å². The third-order valence-corrected chi connectivity index (χ3v) is 9.88. The van der Waals surface area contributed by atoms with Crippen molar-refractivity contribution in [2.75, 3.05) is 33.5 Å². The molecule has 276 valence electrons. The van der Waals surface area contributed by atoms with Gasteiger partial charge in [0.15, 0.2) is 0 Å². The Morgan fingerprint density at radius 2 is 0.761 bits per heavy atom. The van der Waals surface area contributed by atoms with E-state index in [0.29, 0.717) is 19.8 Å². The van der Waals surface area contributed by atoms with Crippen LogP contribution in [-0.4, -0.2) is 39.4 Å². The summed E-state index contributed by atoms with van der Waals surface area (Å²) in [6.07, 6.45) is 44.7. The van der Waals surface area contributed by atoms with Crippen LogP contribution in [0.2, 0.25) is 0 Å². The third kappa shape index (κ3) is 36.2. The molecule has 0 atom stereocenters. The maximum Gasteiger partial charge on any atom is 0.223 e. The van der Waals surface area contributed by atoms with Gasteiger partial charge in [0.05, 0.1) is 13.2 Å². The normalized spacial score (nSPS) is 11.6. The van der Waals surface area contributed by atoms with Gasteiger partial charge in [-0.3, -0.25) is 4.79 Å². The Labute approximate surface area is 290 Å². The van der Waals surface area contributed by atoms with Crippen LogP contribution in [0.15, 0.2) is 0 Å². The lowest BCUT2D eigenvalue weighted by molar-refractivity contribution is -0.125. The van der Waals surface area contributed by atoms with Crippen molar-refractivity contribution >= 4 is 5.91 Å². The number of amides is 1. The molecule has 0 aliphatic rings. The SMILES string of the molecule is CCCCCCCCCCCCCCCCCC(CCCCCCCCCCCCCCCCC)C(=O)NCCCOCCOC. The standard InChI is InChI=1S/C42H85NO3/c1-4-6-8-10-12-14-16-18-20-22-24-26-28-30-32-35-41(42(44)43-37-34-38-46-40-39-45-3)36-33-31-29-27-25-23-21-19-17-15-13-11-9-7-5-2/h41H,4-40H2,1-3H3,(H,43,44).